The molecule has 0 saturated carbocycles. The van der Waals surface area contributed by atoms with Gasteiger partial charge in [0.15, 0.2) is 0 Å². The van der Waals surface area contributed by atoms with Crippen molar-refractivity contribution in [1.29, 1.82) is 0 Å². The van der Waals surface area contributed by atoms with Crippen molar-refractivity contribution in [2.24, 2.45) is 0 Å². The molecule has 0 radical (unpaired) electrons. The van der Waals surface area contributed by atoms with E-state index in [1.54, 1.807) is 12.4 Å². The highest BCUT2D eigenvalue weighted by atomic mass is 16.5. The fourth-order valence-electron chi connectivity index (χ4n) is 1.97. The third-order valence-corrected chi connectivity index (χ3v) is 3.02. The summed E-state index contributed by atoms with van der Waals surface area (Å²) in [5.41, 5.74) is 0.879. The SMILES string of the molecule is c1ccc(OCCNc2cc(Nc3cccnc3)ncn2)cc1. The van der Waals surface area contributed by atoms with Gasteiger partial charge in [-0.3, -0.25) is 4.98 Å². The number of anilines is 3. The van der Waals surface area contributed by atoms with Gasteiger partial charge in [-0.25, -0.2) is 9.97 Å². The van der Waals surface area contributed by atoms with Crippen LogP contribution in [0.4, 0.5) is 17.3 Å². The Balaban J connectivity index is 1.49. The van der Waals surface area contributed by atoms with E-state index in [0.29, 0.717) is 19.0 Å². The number of nitrogens with one attached hydrogen (secondary N) is 2. The molecule has 1 aromatic carbocycles. The monoisotopic (exact) mass is 307 g/mol. The summed E-state index contributed by atoms with van der Waals surface area (Å²) in [5, 5.41) is 6.39. The van der Waals surface area contributed by atoms with E-state index in [4.69, 9.17) is 4.74 Å². The van der Waals surface area contributed by atoms with Crippen LogP contribution < -0.4 is 15.4 Å². The first kappa shape index (κ1) is 14.8. The van der Waals surface area contributed by atoms with E-state index >= 15 is 0 Å². The molecule has 2 heterocycles. The number of ether oxygens (including phenoxy) is 1. The zero-order valence-corrected chi connectivity index (χ0v) is 12.5. The Kier molecular flexibility index (Phi) is 4.97. The number of nitrogens with zero attached hydrogens (tertiary/aromatic N) is 3. The molecule has 0 saturated heterocycles. The van der Waals surface area contributed by atoms with Crippen molar-refractivity contribution in [1.82, 2.24) is 15.0 Å². The van der Waals surface area contributed by atoms with E-state index in [0.717, 1.165) is 17.3 Å². The summed E-state index contributed by atoms with van der Waals surface area (Å²) in [6.45, 7) is 1.21. The normalized spacial score (nSPS) is 10.1. The highest BCUT2D eigenvalue weighted by Crippen LogP contribution is 2.14. The number of hydrogen-bond donors (Lipinski definition) is 2. The lowest BCUT2D eigenvalue weighted by Crippen LogP contribution is -2.12. The van der Waals surface area contributed by atoms with Crippen molar-refractivity contribution in [3.8, 4) is 5.75 Å². The second kappa shape index (κ2) is 7.74. The van der Waals surface area contributed by atoms with Crippen molar-refractivity contribution < 1.29 is 4.74 Å². The van der Waals surface area contributed by atoms with Gasteiger partial charge in [0.25, 0.3) is 0 Å². The highest BCUT2D eigenvalue weighted by molar-refractivity contribution is 5.57. The van der Waals surface area contributed by atoms with Crippen LogP contribution in [-0.2, 0) is 0 Å². The molecule has 3 aromatic rings. The van der Waals surface area contributed by atoms with Crippen molar-refractivity contribution in [3.63, 3.8) is 0 Å². The van der Waals surface area contributed by atoms with Crippen LogP contribution in [0.1, 0.15) is 0 Å². The zero-order chi connectivity index (χ0) is 15.7. The lowest BCUT2D eigenvalue weighted by molar-refractivity contribution is 0.333. The summed E-state index contributed by atoms with van der Waals surface area (Å²) in [5.74, 6) is 2.30. The summed E-state index contributed by atoms with van der Waals surface area (Å²) in [4.78, 5) is 12.4. The van der Waals surface area contributed by atoms with E-state index in [1.807, 2.05) is 48.5 Å². The molecule has 0 aliphatic rings. The minimum absolute atomic E-state index is 0.555. The predicted molar refractivity (Wildman–Crippen MR) is 90.0 cm³/mol. The fourth-order valence-corrected chi connectivity index (χ4v) is 1.97. The quantitative estimate of drug-likeness (QED) is 0.654. The lowest BCUT2D eigenvalue weighted by Gasteiger charge is -2.09. The standard InChI is InChI=1S/C17H17N5O/c1-2-6-15(7-3-1)23-10-9-19-16-11-17(21-13-20-16)22-14-5-4-8-18-12-14/h1-8,11-13H,9-10H2,(H2,19,20,21,22). The van der Waals surface area contributed by atoms with Gasteiger partial charge in [0.1, 0.15) is 30.3 Å². The molecule has 6 nitrogen and oxygen atoms in total. The summed E-state index contributed by atoms with van der Waals surface area (Å²) in [6.07, 6.45) is 4.98. The summed E-state index contributed by atoms with van der Waals surface area (Å²) >= 11 is 0. The van der Waals surface area contributed by atoms with E-state index in [1.165, 1.54) is 6.33 Å². The molecule has 0 unspecified atom stereocenters. The van der Waals surface area contributed by atoms with Crippen LogP contribution in [0.5, 0.6) is 5.75 Å². The molecule has 2 aromatic heterocycles. The van der Waals surface area contributed by atoms with E-state index in [-0.39, 0.29) is 0 Å². The Labute approximate surface area is 134 Å². The van der Waals surface area contributed by atoms with Gasteiger partial charge in [0, 0.05) is 12.3 Å². The minimum atomic E-state index is 0.555. The minimum Gasteiger partial charge on any atom is -0.492 e. The third kappa shape index (κ3) is 4.67. The number of aromatic nitrogens is 3. The Bertz CT molecular complexity index is 721. The number of hydrogen-bond acceptors (Lipinski definition) is 6. The molecule has 23 heavy (non-hydrogen) atoms. The first-order valence-corrected chi connectivity index (χ1v) is 7.31. The molecule has 0 atom stereocenters. The van der Waals surface area contributed by atoms with Crippen molar-refractivity contribution in [2.75, 3.05) is 23.8 Å². The molecule has 2 N–H and O–H groups in total. The Morgan fingerprint density at radius 3 is 2.65 bits per heavy atom. The Morgan fingerprint density at radius 2 is 1.83 bits per heavy atom. The summed E-state index contributed by atoms with van der Waals surface area (Å²) in [6, 6.07) is 15.4. The van der Waals surface area contributed by atoms with Gasteiger partial charge >= 0.3 is 0 Å². The van der Waals surface area contributed by atoms with Crippen LogP contribution in [0.15, 0.2) is 67.3 Å². The van der Waals surface area contributed by atoms with Gasteiger partial charge in [-0.1, -0.05) is 18.2 Å². The van der Waals surface area contributed by atoms with Gasteiger partial charge in [0.05, 0.1) is 18.4 Å². The van der Waals surface area contributed by atoms with Gasteiger partial charge in [0.2, 0.25) is 0 Å². The van der Waals surface area contributed by atoms with Crippen molar-refractivity contribution in [3.05, 3.63) is 67.3 Å². The number of benzene rings is 1. The second-order valence-corrected chi connectivity index (χ2v) is 4.74. The van der Waals surface area contributed by atoms with Gasteiger partial charge in [-0.05, 0) is 24.3 Å². The van der Waals surface area contributed by atoms with Crippen LogP contribution in [0.3, 0.4) is 0 Å². The molecule has 0 spiro atoms. The average molecular weight is 307 g/mol. The van der Waals surface area contributed by atoms with Gasteiger partial charge < -0.3 is 15.4 Å². The number of rotatable bonds is 7. The van der Waals surface area contributed by atoms with Gasteiger partial charge in [-0.2, -0.15) is 0 Å². The molecule has 0 bridgehead atoms. The zero-order valence-electron chi connectivity index (χ0n) is 12.5. The van der Waals surface area contributed by atoms with Crippen molar-refractivity contribution >= 4 is 17.3 Å². The smallest absolute Gasteiger partial charge is 0.135 e. The summed E-state index contributed by atoms with van der Waals surface area (Å²) < 4.78 is 5.62. The maximum Gasteiger partial charge on any atom is 0.135 e. The topological polar surface area (TPSA) is 72.0 Å². The summed E-state index contributed by atoms with van der Waals surface area (Å²) in [7, 11) is 0. The maximum absolute atomic E-state index is 5.62. The van der Waals surface area contributed by atoms with E-state index < -0.39 is 0 Å². The average Bonchev–Trinajstić information content (AvgIpc) is 2.61. The number of para-hydroxylation sites is 1. The molecule has 0 fully saturated rings. The van der Waals surface area contributed by atoms with Crippen LogP contribution in [-0.4, -0.2) is 28.1 Å². The first-order valence-electron chi connectivity index (χ1n) is 7.31. The second-order valence-electron chi connectivity index (χ2n) is 4.74. The number of pyridine rings is 1. The molecule has 3 rings (SSSR count). The largest absolute Gasteiger partial charge is 0.492 e. The molecular weight excluding hydrogens is 290 g/mol. The van der Waals surface area contributed by atoms with E-state index in [2.05, 4.69) is 25.6 Å². The molecule has 0 aliphatic heterocycles. The van der Waals surface area contributed by atoms with Crippen LogP contribution >= 0.6 is 0 Å². The third-order valence-electron chi connectivity index (χ3n) is 3.02. The highest BCUT2D eigenvalue weighted by Gasteiger charge is 2.00. The first-order chi connectivity index (χ1) is 11.4. The Morgan fingerprint density at radius 1 is 0.957 bits per heavy atom. The van der Waals surface area contributed by atoms with Crippen LogP contribution in [0.2, 0.25) is 0 Å². The lowest BCUT2D eigenvalue weighted by atomic mass is 10.3. The molecular formula is C17H17N5O. The molecule has 0 aliphatic carbocycles. The predicted octanol–water partition coefficient (Wildman–Crippen LogP) is 3.11. The maximum atomic E-state index is 5.62. The van der Waals surface area contributed by atoms with Crippen LogP contribution in [0.25, 0.3) is 0 Å². The molecule has 6 heteroatoms. The van der Waals surface area contributed by atoms with Crippen molar-refractivity contribution in [2.45, 2.75) is 0 Å². The van der Waals surface area contributed by atoms with Crippen LogP contribution in [0, 0.1) is 0 Å². The molecule has 116 valence electrons. The van der Waals surface area contributed by atoms with E-state index in [9.17, 15) is 0 Å². The van der Waals surface area contributed by atoms with Gasteiger partial charge in [-0.15, -0.1) is 0 Å². The Hall–Kier alpha value is -3.15. The fraction of sp³-hybridized carbons (Fsp3) is 0.118. The molecule has 0 amide bonds.